The summed E-state index contributed by atoms with van der Waals surface area (Å²) in [6.45, 7) is 5.25. The minimum atomic E-state index is -0.448. The minimum absolute atomic E-state index is 0.345. The van der Waals surface area contributed by atoms with Crippen molar-refractivity contribution < 1.29 is 9.84 Å². The Morgan fingerprint density at radius 2 is 2.11 bits per heavy atom. The van der Waals surface area contributed by atoms with E-state index in [9.17, 15) is 5.11 Å². The van der Waals surface area contributed by atoms with E-state index in [1.807, 2.05) is 4.68 Å². The summed E-state index contributed by atoms with van der Waals surface area (Å²) in [7, 11) is 1.65. The molecular weight excluding hydrogens is 240 g/mol. The van der Waals surface area contributed by atoms with Crippen molar-refractivity contribution in [3.05, 3.63) is 11.9 Å². The number of aryl methyl sites for hydroxylation is 1. The summed E-state index contributed by atoms with van der Waals surface area (Å²) < 4.78 is 7.27. The highest BCUT2D eigenvalue weighted by Crippen LogP contribution is 2.39. The van der Waals surface area contributed by atoms with Crippen LogP contribution in [0.15, 0.2) is 6.20 Å². The smallest absolute Gasteiger partial charge is 0.162 e. The number of methoxy groups -OCH3 is 1. The van der Waals surface area contributed by atoms with Gasteiger partial charge in [0.15, 0.2) is 5.75 Å². The highest BCUT2D eigenvalue weighted by molar-refractivity contribution is 5.27. The van der Waals surface area contributed by atoms with E-state index in [0.717, 1.165) is 43.2 Å². The highest BCUT2D eigenvalue weighted by atomic mass is 16.5. The van der Waals surface area contributed by atoms with Crippen LogP contribution >= 0.6 is 0 Å². The fourth-order valence-electron chi connectivity index (χ4n) is 3.05. The topological polar surface area (TPSA) is 47.3 Å². The third-order valence-electron chi connectivity index (χ3n) is 4.29. The van der Waals surface area contributed by atoms with Crippen LogP contribution in [0.1, 0.15) is 57.7 Å². The van der Waals surface area contributed by atoms with E-state index in [2.05, 4.69) is 18.9 Å². The molecule has 1 aliphatic carbocycles. The second-order valence-corrected chi connectivity index (χ2v) is 5.79. The maximum absolute atomic E-state index is 10.7. The third kappa shape index (κ3) is 3.11. The summed E-state index contributed by atoms with van der Waals surface area (Å²) in [5.41, 5.74) is 0.865. The molecule has 108 valence electrons. The van der Waals surface area contributed by atoms with Gasteiger partial charge in [-0.25, -0.2) is 0 Å². The molecule has 0 amide bonds. The number of aliphatic hydroxyl groups excluding tert-OH is 1. The van der Waals surface area contributed by atoms with Crippen molar-refractivity contribution in [2.45, 2.75) is 58.6 Å². The van der Waals surface area contributed by atoms with Crippen molar-refractivity contribution in [1.82, 2.24) is 9.78 Å². The number of aromatic nitrogens is 2. The first-order chi connectivity index (χ1) is 9.17. The Morgan fingerprint density at radius 3 is 2.68 bits per heavy atom. The zero-order valence-corrected chi connectivity index (χ0v) is 12.3. The lowest BCUT2D eigenvalue weighted by atomic mass is 9.79. The van der Waals surface area contributed by atoms with Crippen LogP contribution in [-0.4, -0.2) is 22.0 Å². The number of hydrogen-bond donors (Lipinski definition) is 1. The van der Waals surface area contributed by atoms with Crippen LogP contribution in [0.25, 0.3) is 0 Å². The quantitative estimate of drug-likeness (QED) is 0.890. The van der Waals surface area contributed by atoms with Gasteiger partial charge in [-0.2, -0.15) is 5.10 Å². The van der Waals surface area contributed by atoms with Crippen LogP contribution in [0.4, 0.5) is 0 Å². The van der Waals surface area contributed by atoms with Crippen molar-refractivity contribution in [3.63, 3.8) is 0 Å². The first-order valence-electron chi connectivity index (χ1n) is 7.45. The fraction of sp³-hybridized carbons (Fsp3) is 0.800. The first kappa shape index (κ1) is 14.4. The molecule has 4 heteroatoms. The van der Waals surface area contributed by atoms with Gasteiger partial charge < -0.3 is 9.84 Å². The van der Waals surface area contributed by atoms with Crippen molar-refractivity contribution in [2.24, 2.45) is 11.8 Å². The van der Waals surface area contributed by atoms with E-state index in [-0.39, 0.29) is 0 Å². The van der Waals surface area contributed by atoms with E-state index in [0.29, 0.717) is 5.92 Å². The lowest BCUT2D eigenvalue weighted by Gasteiger charge is -2.30. The largest absolute Gasteiger partial charge is 0.493 e. The molecule has 1 atom stereocenters. The van der Waals surface area contributed by atoms with Gasteiger partial charge in [0.1, 0.15) is 11.8 Å². The number of hydrogen-bond acceptors (Lipinski definition) is 3. The van der Waals surface area contributed by atoms with Crippen LogP contribution < -0.4 is 4.74 Å². The van der Waals surface area contributed by atoms with Gasteiger partial charge in [0.2, 0.25) is 0 Å². The van der Waals surface area contributed by atoms with E-state index in [1.165, 1.54) is 12.8 Å². The van der Waals surface area contributed by atoms with Gasteiger partial charge in [-0.05, 0) is 31.1 Å². The second kappa shape index (κ2) is 6.42. The fourth-order valence-corrected chi connectivity index (χ4v) is 3.05. The standard InChI is InChI=1S/C15H26N2O2/c1-4-9-17-14(13(19-3)10-16-17)15(18)12-7-5-11(2)6-8-12/h10-12,15,18H,4-9H2,1-3H3. The van der Waals surface area contributed by atoms with Crippen molar-refractivity contribution in [1.29, 1.82) is 0 Å². The van der Waals surface area contributed by atoms with Gasteiger partial charge in [-0.1, -0.05) is 26.7 Å². The van der Waals surface area contributed by atoms with Gasteiger partial charge in [0, 0.05) is 6.54 Å². The van der Waals surface area contributed by atoms with Crippen LogP contribution in [0.3, 0.4) is 0 Å². The summed E-state index contributed by atoms with van der Waals surface area (Å²) in [6.07, 6.45) is 6.91. The van der Waals surface area contributed by atoms with Crippen LogP contribution in [0.2, 0.25) is 0 Å². The number of ether oxygens (including phenoxy) is 1. The van der Waals surface area contributed by atoms with Gasteiger partial charge >= 0.3 is 0 Å². The normalized spacial score (nSPS) is 25.3. The van der Waals surface area contributed by atoms with Gasteiger partial charge in [-0.3, -0.25) is 4.68 Å². The lowest BCUT2D eigenvalue weighted by Crippen LogP contribution is -2.22. The maximum Gasteiger partial charge on any atom is 0.162 e. The Labute approximate surface area is 115 Å². The van der Waals surface area contributed by atoms with E-state index in [4.69, 9.17) is 4.74 Å². The predicted octanol–water partition coefficient (Wildman–Crippen LogP) is 3.16. The Kier molecular flexibility index (Phi) is 4.86. The summed E-state index contributed by atoms with van der Waals surface area (Å²) in [5, 5.41) is 15.0. The Bertz CT molecular complexity index is 395. The van der Waals surface area contributed by atoms with E-state index >= 15 is 0 Å². The van der Waals surface area contributed by atoms with Crippen molar-refractivity contribution >= 4 is 0 Å². The highest BCUT2D eigenvalue weighted by Gasteiger charge is 2.30. The molecule has 4 nitrogen and oxygen atoms in total. The summed E-state index contributed by atoms with van der Waals surface area (Å²) in [4.78, 5) is 0. The molecule has 0 radical (unpaired) electrons. The average Bonchev–Trinajstić information content (AvgIpc) is 2.82. The molecular formula is C15H26N2O2. The van der Waals surface area contributed by atoms with Gasteiger partial charge in [0.25, 0.3) is 0 Å². The minimum Gasteiger partial charge on any atom is -0.493 e. The molecule has 19 heavy (non-hydrogen) atoms. The number of rotatable bonds is 5. The third-order valence-corrected chi connectivity index (χ3v) is 4.29. The average molecular weight is 266 g/mol. The van der Waals surface area contributed by atoms with Crippen LogP contribution in [-0.2, 0) is 6.54 Å². The molecule has 1 saturated carbocycles. The maximum atomic E-state index is 10.7. The molecule has 0 spiro atoms. The Balaban J connectivity index is 2.16. The monoisotopic (exact) mass is 266 g/mol. The van der Waals surface area contributed by atoms with Crippen molar-refractivity contribution in [3.8, 4) is 5.75 Å². The molecule has 1 fully saturated rings. The Morgan fingerprint density at radius 1 is 1.42 bits per heavy atom. The molecule has 1 aromatic heterocycles. The molecule has 0 saturated heterocycles. The van der Waals surface area contributed by atoms with Crippen LogP contribution in [0.5, 0.6) is 5.75 Å². The lowest BCUT2D eigenvalue weighted by molar-refractivity contribution is 0.0658. The molecule has 2 rings (SSSR count). The van der Waals surface area contributed by atoms with E-state index < -0.39 is 6.10 Å². The molecule has 0 aromatic carbocycles. The molecule has 0 aliphatic heterocycles. The zero-order chi connectivity index (χ0) is 13.8. The first-order valence-corrected chi connectivity index (χ1v) is 7.45. The Hall–Kier alpha value is -1.03. The molecule has 0 bridgehead atoms. The molecule has 1 unspecified atom stereocenters. The van der Waals surface area contributed by atoms with Gasteiger partial charge in [0.05, 0.1) is 13.3 Å². The second-order valence-electron chi connectivity index (χ2n) is 5.79. The van der Waals surface area contributed by atoms with Crippen LogP contribution in [0, 0.1) is 11.8 Å². The summed E-state index contributed by atoms with van der Waals surface area (Å²) in [5.74, 6) is 1.86. The zero-order valence-electron chi connectivity index (χ0n) is 12.3. The molecule has 1 heterocycles. The van der Waals surface area contributed by atoms with Gasteiger partial charge in [-0.15, -0.1) is 0 Å². The summed E-state index contributed by atoms with van der Waals surface area (Å²) in [6, 6.07) is 0. The number of nitrogens with zero attached hydrogens (tertiary/aromatic N) is 2. The number of aliphatic hydroxyl groups is 1. The SMILES string of the molecule is CCCn1ncc(OC)c1C(O)C1CCC(C)CC1. The molecule has 1 aliphatic rings. The summed E-state index contributed by atoms with van der Waals surface area (Å²) >= 11 is 0. The predicted molar refractivity (Wildman–Crippen MR) is 75.2 cm³/mol. The molecule has 1 aromatic rings. The van der Waals surface area contributed by atoms with E-state index in [1.54, 1.807) is 13.3 Å². The molecule has 1 N–H and O–H groups in total. The van der Waals surface area contributed by atoms with Crippen molar-refractivity contribution in [2.75, 3.05) is 7.11 Å².